The molecule has 114 valence electrons. The molecule has 0 atom stereocenters. The molecule has 1 N–H and O–H groups in total. The zero-order chi connectivity index (χ0) is 15.9. The highest BCUT2D eigenvalue weighted by Gasteiger charge is 2.22. The van der Waals surface area contributed by atoms with E-state index in [1.54, 1.807) is 22.6 Å². The summed E-state index contributed by atoms with van der Waals surface area (Å²) in [5.41, 5.74) is 2.27. The minimum atomic E-state index is -0.985. The molecule has 0 saturated heterocycles. The largest absolute Gasteiger partial charge is 0.477 e. The average Bonchev–Trinajstić information content (AvgIpc) is 2.98. The van der Waals surface area contributed by atoms with Crippen LogP contribution in [0.25, 0.3) is 16.2 Å². The summed E-state index contributed by atoms with van der Waals surface area (Å²) < 4.78 is 1.66. The van der Waals surface area contributed by atoms with Gasteiger partial charge in [0.2, 0.25) is 0 Å². The van der Waals surface area contributed by atoms with Gasteiger partial charge in [0.25, 0.3) is 0 Å². The van der Waals surface area contributed by atoms with Crippen molar-refractivity contribution < 1.29 is 9.90 Å². The van der Waals surface area contributed by atoms with E-state index in [2.05, 4.69) is 4.98 Å². The molecule has 0 radical (unpaired) electrons. The topological polar surface area (TPSA) is 54.6 Å². The first-order valence-corrected chi connectivity index (χ1v) is 8.34. The van der Waals surface area contributed by atoms with Crippen LogP contribution in [0.15, 0.2) is 23.6 Å². The van der Waals surface area contributed by atoms with Crippen LogP contribution in [-0.2, 0) is 6.42 Å². The smallest absolute Gasteiger partial charge is 0.354 e. The molecule has 0 aliphatic carbocycles. The quantitative estimate of drug-likeness (QED) is 0.715. The number of benzene rings is 1. The van der Waals surface area contributed by atoms with Crippen molar-refractivity contribution >= 4 is 45.5 Å². The molecule has 4 nitrogen and oxygen atoms in total. The van der Waals surface area contributed by atoms with Crippen molar-refractivity contribution in [2.24, 2.45) is 0 Å². The molecule has 0 saturated carbocycles. The van der Waals surface area contributed by atoms with Crippen molar-refractivity contribution in [3.63, 3.8) is 0 Å². The third-order valence-corrected chi connectivity index (χ3v) is 4.71. The molecule has 0 fully saturated rings. The Labute approximate surface area is 140 Å². The summed E-state index contributed by atoms with van der Waals surface area (Å²) in [4.78, 5) is 16.8. The van der Waals surface area contributed by atoms with Gasteiger partial charge >= 0.3 is 5.97 Å². The summed E-state index contributed by atoms with van der Waals surface area (Å²) in [6.45, 7) is 2.00. The molecule has 0 bridgehead atoms. The van der Waals surface area contributed by atoms with Gasteiger partial charge in [-0.1, -0.05) is 36.5 Å². The molecule has 2 heterocycles. The Morgan fingerprint density at radius 2 is 2.18 bits per heavy atom. The number of hydrogen-bond donors (Lipinski definition) is 1. The van der Waals surface area contributed by atoms with Crippen LogP contribution in [0.5, 0.6) is 0 Å². The molecule has 7 heteroatoms. The van der Waals surface area contributed by atoms with Crippen molar-refractivity contribution in [3.05, 3.63) is 45.0 Å². The van der Waals surface area contributed by atoms with Gasteiger partial charge in [-0.2, -0.15) is 0 Å². The number of aromatic carboxylic acids is 1. The molecule has 1 aromatic carbocycles. The Morgan fingerprint density at radius 1 is 1.41 bits per heavy atom. The molecule has 3 rings (SSSR count). The summed E-state index contributed by atoms with van der Waals surface area (Å²) in [6, 6.07) is 5.17. The fourth-order valence-corrected chi connectivity index (χ4v) is 3.83. The van der Waals surface area contributed by atoms with Crippen LogP contribution in [0, 0.1) is 0 Å². The molecule has 3 aromatic rings. The van der Waals surface area contributed by atoms with Gasteiger partial charge in [0, 0.05) is 16.0 Å². The second-order valence-electron chi connectivity index (χ2n) is 4.83. The van der Waals surface area contributed by atoms with E-state index in [1.165, 1.54) is 11.3 Å². The number of nitrogens with zero attached hydrogens (tertiary/aromatic N) is 2. The van der Waals surface area contributed by atoms with Gasteiger partial charge in [0.15, 0.2) is 10.7 Å². The number of fused-ring (bicyclic) bond motifs is 1. The molecule has 0 amide bonds. The van der Waals surface area contributed by atoms with E-state index in [9.17, 15) is 9.90 Å². The van der Waals surface area contributed by atoms with E-state index in [4.69, 9.17) is 23.2 Å². The van der Waals surface area contributed by atoms with Crippen LogP contribution in [-0.4, -0.2) is 20.5 Å². The molecule has 0 spiro atoms. The van der Waals surface area contributed by atoms with Crippen LogP contribution >= 0.6 is 34.5 Å². The molecule has 0 unspecified atom stereocenters. The van der Waals surface area contributed by atoms with Crippen molar-refractivity contribution in [3.8, 4) is 11.3 Å². The fraction of sp³-hybridized carbons (Fsp3) is 0.200. The van der Waals surface area contributed by atoms with Gasteiger partial charge in [-0.25, -0.2) is 9.78 Å². The summed E-state index contributed by atoms with van der Waals surface area (Å²) in [5.74, 6) is -0.985. The van der Waals surface area contributed by atoms with Gasteiger partial charge in [-0.05, 0) is 24.6 Å². The van der Waals surface area contributed by atoms with Crippen molar-refractivity contribution in [1.82, 2.24) is 9.38 Å². The lowest BCUT2D eigenvalue weighted by Crippen LogP contribution is -2.06. The Balaban J connectivity index is 2.29. The summed E-state index contributed by atoms with van der Waals surface area (Å²) >= 11 is 13.6. The predicted molar refractivity (Wildman–Crippen MR) is 89.5 cm³/mol. The number of imidazole rings is 1. The number of aryl methyl sites for hydroxylation is 1. The van der Waals surface area contributed by atoms with Crippen LogP contribution in [0.1, 0.15) is 29.5 Å². The fourth-order valence-electron chi connectivity index (χ4n) is 2.42. The first kappa shape index (κ1) is 15.3. The highest BCUT2D eigenvalue weighted by atomic mass is 35.5. The van der Waals surface area contributed by atoms with E-state index in [0.29, 0.717) is 32.8 Å². The molecular weight excluding hydrogens is 343 g/mol. The molecule has 0 aliphatic heterocycles. The number of carboxylic acids is 1. The lowest BCUT2D eigenvalue weighted by molar-refractivity contribution is 0.0688. The SMILES string of the molecule is CCCc1nc2scc(-c3ccc(Cl)cc3Cl)n2c1C(=O)O. The summed E-state index contributed by atoms with van der Waals surface area (Å²) in [5, 5.41) is 12.5. The number of thiazole rings is 1. The first-order chi connectivity index (χ1) is 10.5. The first-order valence-electron chi connectivity index (χ1n) is 6.70. The number of rotatable bonds is 4. The van der Waals surface area contributed by atoms with Gasteiger partial charge in [0.1, 0.15) is 0 Å². The van der Waals surface area contributed by atoms with Crippen molar-refractivity contribution in [2.75, 3.05) is 0 Å². The van der Waals surface area contributed by atoms with Gasteiger partial charge in [0.05, 0.1) is 16.4 Å². The maximum atomic E-state index is 11.7. The van der Waals surface area contributed by atoms with Crippen LogP contribution in [0.3, 0.4) is 0 Å². The van der Waals surface area contributed by atoms with Gasteiger partial charge < -0.3 is 5.11 Å². The lowest BCUT2D eigenvalue weighted by Gasteiger charge is -2.06. The minimum absolute atomic E-state index is 0.208. The lowest BCUT2D eigenvalue weighted by atomic mass is 10.1. The molecule has 0 aliphatic rings. The van der Waals surface area contributed by atoms with Crippen LogP contribution < -0.4 is 0 Å². The maximum absolute atomic E-state index is 11.7. The monoisotopic (exact) mass is 354 g/mol. The van der Waals surface area contributed by atoms with E-state index in [1.807, 2.05) is 12.3 Å². The Hall–Kier alpha value is -1.56. The second kappa shape index (κ2) is 5.91. The molecule has 2 aromatic heterocycles. The van der Waals surface area contributed by atoms with Crippen molar-refractivity contribution in [2.45, 2.75) is 19.8 Å². The minimum Gasteiger partial charge on any atom is -0.477 e. The standard InChI is InChI=1S/C15H12Cl2N2O2S/c1-2-3-11-13(14(20)21)19-12(7-22-15(19)18-11)9-5-4-8(16)6-10(9)17/h4-7H,2-3H2,1H3,(H,20,21). The third-order valence-electron chi connectivity index (χ3n) is 3.33. The zero-order valence-corrected chi connectivity index (χ0v) is 14.0. The highest BCUT2D eigenvalue weighted by molar-refractivity contribution is 7.15. The number of aromatic nitrogens is 2. The maximum Gasteiger partial charge on any atom is 0.354 e. The van der Waals surface area contributed by atoms with Crippen LogP contribution in [0.4, 0.5) is 0 Å². The summed E-state index contributed by atoms with van der Waals surface area (Å²) in [7, 11) is 0. The van der Waals surface area contributed by atoms with E-state index < -0.39 is 5.97 Å². The zero-order valence-electron chi connectivity index (χ0n) is 11.6. The van der Waals surface area contributed by atoms with Crippen molar-refractivity contribution in [1.29, 1.82) is 0 Å². The van der Waals surface area contributed by atoms with Gasteiger partial charge in [-0.3, -0.25) is 4.40 Å². The van der Waals surface area contributed by atoms with E-state index >= 15 is 0 Å². The summed E-state index contributed by atoms with van der Waals surface area (Å²) in [6.07, 6.45) is 1.46. The van der Waals surface area contributed by atoms with Crippen LogP contribution in [0.2, 0.25) is 10.0 Å². The number of hydrogen-bond acceptors (Lipinski definition) is 3. The Kier molecular flexibility index (Phi) is 4.12. The Morgan fingerprint density at radius 3 is 2.82 bits per heavy atom. The number of carbonyl (C=O) groups is 1. The average molecular weight is 355 g/mol. The molecular formula is C15H12Cl2N2O2S. The molecule has 22 heavy (non-hydrogen) atoms. The number of halogens is 2. The number of carboxylic acid groups (broad SMARTS) is 1. The third kappa shape index (κ3) is 2.49. The Bertz CT molecular complexity index is 870. The van der Waals surface area contributed by atoms with Gasteiger partial charge in [-0.15, -0.1) is 11.3 Å². The van der Waals surface area contributed by atoms with E-state index in [0.717, 1.165) is 12.0 Å². The predicted octanol–water partition coefficient (Wildman–Crippen LogP) is 5.02. The normalized spacial score (nSPS) is 11.2. The second-order valence-corrected chi connectivity index (χ2v) is 6.51. The highest BCUT2D eigenvalue weighted by Crippen LogP contribution is 2.34. The van der Waals surface area contributed by atoms with E-state index in [-0.39, 0.29) is 5.69 Å².